The summed E-state index contributed by atoms with van der Waals surface area (Å²) in [5.41, 5.74) is 23.7. The zero-order valence-corrected chi connectivity index (χ0v) is 32.5. The van der Waals surface area contributed by atoms with E-state index in [-0.39, 0.29) is 24.3 Å². The number of anilines is 3. The minimum Gasteiger partial charge on any atom is -0.313 e. The van der Waals surface area contributed by atoms with Crippen molar-refractivity contribution in [3.05, 3.63) is 161 Å². The highest BCUT2D eigenvalue weighted by Crippen LogP contribution is 2.48. The number of benzene rings is 7. The van der Waals surface area contributed by atoms with E-state index in [1.165, 1.54) is 115 Å². The number of fused-ring (bicyclic) bond motifs is 11. The monoisotopic (exact) mass is 707 g/mol. The quantitative estimate of drug-likeness (QED) is 0.154. The average Bonchev–Trinajstić information content (AvgIpc) is 3.55. The van der Waals surface area contributed by atoms with Gasteiger partial charge >= 0.3 is 0 Å². The van der Waals surface area contributed by atoms with Crippen LogP contribution in [-0.4, -0.2) is 13.4 Å². The number of aryl methyl sites for hydroxylation is 2. The minimum absolute atomic E-state index is 0.128. The number of thiophene rings is 1. The van der Waals surface area contributed by atoms with Gasteiger partial charge in [0.2, 0.25) is 13.4 Å². The second-order valence-corrected chi connectivity index (χ2v) is 18.4. The number of hydrogen-bond donors (Lipinski definition) is 0. The van der Waals surface area contributed by atoms with Crippen LogP contribution in [0, 0.1) is 13.8 Å². The molecule has 0 amide bonds. The molecule has 54 heavy (non-hydrogen) atoms. The van der Waals surface area contributed by atoms with Gasteiger partial charge < -0.3 is 4.90 Å². The predicted octanol–water partition coefficient (Wildman–Crippen LogP) is 8.75. The lowest BCUT2D eigenvalue weighted by molar-refractivity contribution is 0.640. The minimum atomic E-state index is -0.128. The van der Waals surface area contributed by atoms with Crippen LogP contribution in [0.5, 0.6) is 0 Å². The first-order valence-corrected chi connectivity index (χ1v) is 20.3. The second-order valence-electron chi connectivity index (χ2n) is 17.3. The Balaban J connectivity index is 1.25. The fourth-order valence-electron chi connectivity index (χ4n) is 11.8. The van der Waals surface area contributed by atoms with Gasteiger partial charge in [0.25, 0.3) is 0 Å². The molecule has 12 rings (SSSR count). The lowest BCUT2D eigenvalue weighted by Gasteiger charge is -2.51. The summed E-state index contributed by atoms with van der Waals surface area (Å²) in [4.78, 5) is 2.70. The van der Waals surface area contributed by atoms with Crippen molar-refractivity contribution < 1.29 is 0 Å². The Kier molecular flexibility index (Phi) is 5.90. The van der Waals surface area contributed by atoms with E-state index < -0.39 is 0 Å². The molecule has 0 saturated carbocycles. The van der Waals surface area contributed by atoms with E-state index >= 15 is 0 Å². The normalized spacial score (nSPS) is 16.1. The first kappa shape index (κ1) is 31.1. The summed E-state index contributed by atoms with van der Waals surface area (Å²) in [5, 5.41) is 2.70. The second kappa shape index (κ2) is 10.3. The Morgan fingerprint density at radius 1 is 0.481 bits per heavy atom. The van der Waals surface area contributed by atoms with E-state index in [0.29, 0.717) is 0 Å². The van der Waals surface area contributed by atoms with E-state index in [4.69, 9.17) is 0 Å². The summed E-state index contributed by atoms with van der Waals surface area (Å²) < 4.78 is 2.70. The van der Waals surface area contributed by atoms with Crippen LogP contribution in [0.15, 0.2) is 127 Å². The third-order valence-corrected chi connectivity index (χ3v) is 14.9. The van der Waals surface area contributed by atoms with Crippen molar-refractivity contribution in [2.75, 3.05) is 4.90 Å². The van der Waals surface area contributed by atoms with Gasteiger partial charge in [-0.1, -0.05) is 136 Å². The van der Waals surface area contributed by atoms with Crippen molar-refractivity contribution in [2.45, 2.75) is 52.4 Å². The molecular formula is C50H39B2NS. The molecule has 0 aliphatic carbocycles. The third-order valence-electron chi connectivity index (χ3n) is 13.8. The Labute approximate surface area is 322 Å². The zero-order valence-electron chi connectivity index (χ0n) is 31.6. The largest absolute Gasteiger partial charge is 0.313 e. The average molecular weight is 708 g/mol. The van der Waals surface area contributed by atoms with Crippen LogP contribution in [0.3, 0.4) is 0 Å². The highest BCUT2D eigenvalue weighted by Gasteiger charge is 2.52. The Morgan fingerprint density at radius 3 is 1.59 bits per heavy atom. The van der Waals surface area contributed by atoms with Gasteiger partial charge in [-0.05, 0) is 111 Å². The highest BCUT2D eigenvalue weighted by atomic mass is 32.1. The van der Waals surface area contributed by atoms with Crippen LogP contribution in [0.25, 0.3) is 31.3 Å². The number of hydrogen-bond acceptors (Lipinski definition) is 2. The molecule has 4 heteroatoms. The SMILES string of the molecule is Cc1ccc2c3c1C(C)(C)c1ccccc1B3c1cc(-c3ccc4sc5ccccc5c4c3)cc3c1N2c1ccc(C)c2c1B3c1ccccc1C2(C)C. The first-order chi connectivity index (χ1) is 26.1. The molecule has 0 fully saturated rings. The van der Waals surface area contributed by atoms with Gasteiger partial charge in [0.05, 0.1) is 0 Å². The van der Waals surface area contributed by atoms with Crippen LogP contribution < -0.4 is 37.7 Å². The predicted molar refractivity (Wildman–Crippen MR) is 235 cm³/mol. The van der Waals surface area contributed by atoms with E-state index in [1.54, 1.807) is 0 Å². The summed E-state index contributed by atoms with van der Waals surface area (Å²) in [7, 11) is 0. The zero-order chi connectivity index (χ0) is 36.4. The van der Waals surface area contributed by atoms with E-state index in [2.05, 4.69) is 174 Å². The summed E-state index contributed by atoms with van der Waals surface area (Å²) >= 11 is 1.90. The van der Waals surface area contributed by atoms with Gasteiger partial charge in [-0.25, -0.2) is 0 Å². The molecule has 0 N–H and O–H groups in total. The van der Waals surface area contributed by atoms with E-state index in [0.717, 1.165) is 0 Å². The molecule has 0 radical (unpaired) electrons. The summed E-state index contributed by atoms with van der Waals surface area (Å²) in [6, 6.07) is 49.6. The maximum atomic E-state index is 2.70. The Bertz CT molecular complexity index is 2860. The van der Waals surface area contributed by atoms with Gasteiger partial charge in [0.1, 0.15) is 0 Å². The first-order valence-electron chi connectivity index (χ1n) is 19.5. The van der Waals surface area contributed by atoms with Crippen LogP contribution in [-0.2, 0) is 10.8 Å². The fourth-order valence-corrected chi connectivity index (χ4v) is 12.8. The van der Waals surface area contributed by atoms with Crippen molar-refractivity contribution in [1.82, 2.24) is 0 Å². The molecule has 0 bridgehead atoms. The molecule has 0 spiro atoms. The molecule has 7 aromatic carbocycles. The maximum absolute atomic E-state index is 2.70. The lowest BCUT2D eigenvalue weighted by Crippen LogP contribution is -2.70. The Hall–Kier alpha value is -5.31. The summed E-state index contributed by atoms with van der Waals surface area (Å²) in [5.74, 6) is 0. The van der Waals surface area contributed by atoms with Gasteiger partial charge in [0.15, 0.2) is 0 Å². The van der Waals surface area contributed by atoms with Crippen LogP contribution >= 0.6 is 11.3 Å². The van der Waals surface area contributed by atoms with Crippen LogP contribution in [0.2, 0.25) is 0 Å². The smallest absolute Gasteiger partial charge is 0.247 e. The fraction of sp³-hybridized carbons (Fsp3) is 0.160. The molecular weight excluding hydrogens is 668 g/mol. The van der Waals surface area contributed by atoms with Crippen molar-refractivity contribution in [3.8, 4) is 11.1 Å². The highest BCUT2D eigenvalue weighted by molar-refractivity contribution is 7.25. The van der Waals surface area contributed by atoms with Crippen LogP contribution in [0.1, 0.15) is 61.1 Å². The molecule has 8 aromatic rings. The Morgan fingerprint density at radius 2 is 1.00 bits per heavy atom. The molecule has 0 atom stereocenters. The van der Waals surface area contributed by atoms with Crippen molar-refractivity contribution in [2.24, 2.45) is 0 Å². The third kappa shape index (κ3) is 3.68. The van der Waals surface area contributed by atoms with E-state index in [9.17, 15) is 0 Å². The number of rotatable bonds is 1. The molecule has 0 saturated heterocycles. The summed E-state index contributed by atoms with van der Waals surface area (Å²) in [6.07, 6.45) is 0. The van der Waals surface area contributed by atoms with Crippen molar-refractivity contribution >= 4 is 94.8 Å². The van der Waals surface area contributed by atoms with Gasteiger partial charge in [-0.2, -0.15) is 0 Å². The molecule has 4 aliphatic rings. The standard InChI is InChI=1S/C50H39B2NS/c1-28-19-22-40-46-44(28)49(3,4)34-14-8-10-16-36(34)51(46)38-26-31(30-21-24-43-33(25-30)32-13-7-12-18-42(32)54-43)27-39-48(38)53(40)41-23-20-29(2)45-47(41)52(39)37-17-11-9-15-35(37)50(45,5)6/h7-27H,1-6H3. The van der Waals surface area contributed by atoms with Gasteiger partial charge in [-0.3, -0.25) is 0 Å². The van der Waals surface area contributed by atoms with Crippen molar-refractivity contribution in [3.63, 3.8) is 0 Å². The lowest BCUT2D eigenvalue weighted by atomic mass is 9.26. The topological polar surface area (TPSA) is 3.24 Å². The molecule has 256 valence electrons. The van der Waals surface area contributed by atoms with Gasteiger partial charge in [0, 0.05) is 48.1 Å². The molecule has 0 unspecified atom stereocenters. The van der Waals surface area contributed by atoms with Crippen molar-refractivity contribution in [1.29, 1.82) is 0 Å². The molecule has 5 heterocycles. The van der Waals surface area contributed by atoms with Crippen LogP contribution in [0.4, 0.5) is 17.1 Å². The molecule has 1 aromatic heterocycles. The van der Waals surface area contributed by atoms with E-state index in [1.807, 2.05) is 11.3 Å². The maximum Gasteiger partial charge on any atom is 0.247 e. The van der Waals surface area contributed by atoms with Gasteiger partial charge in [-0.15, -0.1) is 11.3 Å². The molecule has 4 aliphatic heterocycles. The summed E-state index contributed by atoms with van der Waals surface area (Å²) in [6.45, 7) is 14.7. The number of nitrogens with zero attached hydrogens (tertiary/aromatic N) is 1. The molecule has 1 nitrogen and oxygen atoms in total.